The second kappa shape index (κ2) is 7.13. The van der Waals surface area contributed by atoms with E-state index < -0.39 is 9.84 Å². The Balaban J connectivity index is 1.49. The first-order chi connectivity index (χ1) is 11.5. The smallest absolute Gasteiger partial charge is 0.237 e. The molecule has 0 N–H and O–H groups in total. The van der Waals surface area contributed by atoms with Gasteiger partial charge in [0.05, 0.1) is 11.8 Å². The van der Waals surface area contributed by atoms with Crippen LogP contribution in [0.2, 0.25) is 0 Å². The van der Waals surface area contributed by atoms with Crippen LogP contribution in [0.4, 0.5) is 5.69 Å². The van der Waals surface area contributed by atoms with Gasteiger partial charge in [0.2, 0.25) is 5.91 Å². The van der Waals surface area contributed by atoms with Gasteiger partial charge < -0.3 is 9.80 Å². The zero-order chi connectivity index (χ0) is 17.2. The highest BCUT2D eigenvalue weighted by Crippen LogP contribution is 2.32. The van der Waals surface area contributed by atoms with Crippen molar-refractivity contribution < 1.29 is 13.2 Å². The monoisotopic (exact) mass is 350 g/mol. The second-order valence-electron chi connectivity index (χ2n) is 6.82. The predicted molar refractivity (Wildman–Crippen MR) is 96.0 cm³/mol. The lowest BCUT2D eigenvalue weighted by Gasteiger charge is -2.45. The normalized spacial score (nSPS) is 17.7. The van der Waals surface area contributed by atoms with Crippen molar-refractivity contribution in [3.8, 4) is 0 Å². The lowest BCUT2D eigenvalue weighted by molar-refractivity contribution is -0.132. The van der Waals surface area contributed by atoms with Gasteiger partial charge in [-0.15, -0.1) is 0 Å². The van der Waals surface area contributed by atoms with Gasteiger partial charge in [0.25, 0.3) is 0 Å². The molecule has 1 fully saturated rings. The standard InChI is InChI=1S/C18H26N2O3S/c1-2-3-6-11-24(22,23)14-18(21)19-12-16(13-19)20-10-9-15-7-4-5-8-17(15)20/h4-5,7-8,16H,2-3,6,9-14H2,1H3. The molecule has 0 unspecified atom stereocenters. The molecule has 2 heterocycles. The number of hydrogen-bond acceptors (Lipinski definition) is 4. The van der Waals surface area contributed by atoms with Crippen LogP contribution in [0.25, 0.3) is 0 Å². The van der Waals surface area contributed by atoms with Crippen LogP contribution in [-0.4, -0.2) is 56.4 Å². The Hall–Kier alpha value is -1.56. The summed E-state index contributed by atoms with van der Waals surface area (Å²) in [7, 11) is -3.26. The van der Waals surface area contributed by atoms with E-state index in [2.05, 4.69) is 23.1 Å². The minimum atomic E-state index is -3.26. The molecule has 0 spiro atoms. The number of fused-ring (bicyclic) bond motifs is 1. The van der Waals surface area contributed by atoms with Gasteiger partial charge >= 0.3 is 0 Å². The zero-order valence-electron chi connectivity index (χ0n) is 14.3. The van der Waals surface area contributed by atoms with Crippen molar-refractivity contribution in [3.05, 3.63) is 29.8 Å². The average molecular weight is 350 g/mol. The van der Waals surface area contributed by atoms with E-state index in [-0.39, 0.29) is 17.4 Å². The van der Waals surface area contributed by atoms with E-state index in [0.29, 0.717) is 25.6 Å². The van der Waals surface area contributed by atoms with Crippen molar-refractivity contribution in [1.29, 1.82) is 0 Å². The quantitative estimate of drug-likeness (QED) is 0.705. The summed E-state index contributed by atoms with van der Waals surface area (Å²) in [6, 6.07) is 8.70. The molecule has 1 saturated heterocycles. The number of benzene rings is 1. The fourth-order valence-corrected chi connectivity index (χ4v) is 4.87. The van der Waals surface area contributed by atoms with Crippen molar-refractivity contribution in [3.63, 3.8) is 0 Å². The number of para-hydroxylation sites is 1. The summed E-state index contributed by atoms with van der Waals surface area (Å²) in [5.41, 5.74) is 2.63. The summed E-state index contributed by atoms with van der Waals surface area (Å²) in [5, 5.41) is 0. The van der Waals surface area contributed by atoms with E-state index in [9.17, 15) is 13.2 Å². The van der Waals surface area contributed by atoms with Crippen LogP contribution >= 0.6 is 0 Å². The van der Waals surface area contributed by atoms with Crippen molar-refractivity contribution in [2.45, 2.75) is 38.6 Å². The molecule has 6 heteroatoms. The van der Waals surface area contributed by atoms with E-state index in [4.69, 9.17) is 0 Å². The fraction of sp³-hybridized carbons (Fsp3) is 0.611. The van der Waals surface area contributed by atoms with Gasteiger partial charge in [-0.1, -0.05) is 38.0 Å². The molecule has 0 radical (unpaired) electrons. The van der Waals surface area contributed by atoms with E-state index in [1.807, 2.05) is 13.0 Å². The molecule has 1 aromatic carbocycles. The van der Waals surface area contributed by atoms with Crippen molar-refractivity contribution in [2.75, 3.05) is 36.0 Å². The summed E-state index contributed by atoms with van der Waals surface area (Å²) in [4.78, 5) is 16.2. The van der Waals surface area contributed by atoms with Crippen molar-refractivity contribution >= 4 is 21.4 Å². The highest BCUT2D eigenvalue weighted by Gasteiger charge is 2.38. The minimum absolute atomic E-state index is 0.128. The number of nitrogens with zero attached hydrogens (tertiary/aromatic N) is 2. The first-order valence-electron chi connectivity index (χ1n) is 8.83. The Morgan fingerprint density at radius 2 is 1.96 bits per heavy atom. The first kappa shape index (κ1) is 17.3. The zero-order valence-corrected chi connectivity index (χ0v) is 15.1. The number of anilines is 1. The molecule has 132 valence electrons. The third-order valence-corrected chi connectivity index (χ3v) is 6.58. The van der Waals surface area contributed by atoms with Crippen LogP contribution in [0.5, 0.6) is 0 Å². The summed E-state index contributed by atoms with van der Waals surface area (Å²) >= 11 is 0. The van der Waals surface area contributed by atoms with Gasteiger partial charge in [-0.25, -0.2) is 8.42 Å². The van der Waals surface area contributed by atoms with Gasteiger partial charge in [-0.3, -0.25) is 4.79 Å². The first-order valence-corrected chi connectivity index (χ1v) is 10.6. The molecule has 0 aromatic heterocycles. The average Bonchev–Trinajstić information content (AvgIpc) is 2.89. The molecule has 2 aliphatic rings. The third-order valence-electron chi connectivity index (χ3n) is 4.98. The summed E-state index contributed by atoms with van der Waals surface area (Å²) in [5.74, 6) is -0.446. The number of carbonyl (C=O) groups is 1. The Bertz CT molecular complexity index is 696. The van der Waals surface area contributed by atoms with E-state index in [1.165, 1.54) is 11.3 Å². The summed E-state index contributed by atoms with van der Waals surface area (Å²) < 4.78 is 24.0. The summed E-state index contributed by atoms with van der Waals surface area (Å²) in [6.07, 6.45) is 3.58. The molecule has 5 nitrogen and oxygen atoms in total. The molecule has 0 atom stereocenters. The largest absolute Gasteiger partial charge is 0.364 e. The van der Waals surface area contributed by atoms with Crippen LogP contribution in [0.1, 0.15) is 31.7 Å². The fourth-order valence-electron chi connectivity index (χ4n) is 3.52. The van der Waals surface area contributed by atoms with Crippen LogP contribution in [0.15, 0.2) is 24.3 Å². The number of sulfone groups is 1. The van der Waals surface area contributed by atoms with E-state index in [0.717, 1.165) is 25.8 Å². The third kappa shape index (κ3) is 3.74. The van der Waals surface area contributed by atoms with Gasteiger partial charge in [0.15, 0.2) is 9.84 Å². The topological polar surface area (TPSA) is 57.7 Å². The SMILES string of the molecule is CCCCCS(=O)(=O)CC(=O)N1CC(N2CCc3ccccc32)C1. The maximum atomic E-state index is 12.2. The lowest BCUT2D eigenvalue weighted by Crippen LogP contribution is -2.61. The molecule has 3 rings (SSSR count). The van der Waals surface area contributed by atoms with Crippen LogP contribution < -0.4 is 4.90 Å². The Labute approximate surface area is 144 Å². The Morgan fingerprint density at radius 1 is 1.21 bits per heavy atom. The lowest BCUT2D eigenvalue weighted by atomic mass is 10.1. The second-order valence-corrected chi connectivity index (χ2v) is 9.01. The highest BCUT2D eigenvalue weighted by molar-refractivity contribution is 7.92. The number of likely N-dealkylation sites (tertiary alicyclic amines) is 1. The minimum Gasteiger partial charge on any atom is -0.364 e. The molecule has 1 amide bonds. The van der Waals surface area contributed by atoms with Crippen LogP contribution in [-0.2, 0) is 21.1 Å². The number of amides is 1. The molecule has 0 bridgehead atoms. The van der Waals surface area contributed by atoms with Gasteiger partial charge in [0.1, 0.15) is 5.75 Å². The van der Waals surface area contributed by atoms with Crippen LogP contribution in [0.3, 0.4) is 0 Å². The van der Waals surface area contributed by atoms with Crippen molar-refractivity contribution in [1.82, 2.24) is 4.90 Å². The highest BCUT2D eigenvalue weighted by atomic mass is 32.2. The Morgan fingerprint density at radius 3 is 2.71 bits per heavy atom. The van der Waals surface area contributed by atoms with E-state index in [1.54, 1.807) is 4.90 Å². The molecular weight excluding hydrogens is 324 g/mol. The van der Waals surface area contributed by atoms with Crippen molar-refractivity contribution in [2.24, 2.45) is 0 Å². The Kier molecular flexibility index (Phi) is 5.13. The maximum absolute atomic E-state index is 12.2. The van der Waals surface area contributed by atoms with Crippen LogP contribution in [0, 0.1) is 0 Å². The van der Waals surface area contributed by atoms with Gasteiger partial charge in [-0.2, -0.15) is 0 Å². The molecule has 0 saturated carbocycles. The number of rotatable bonds is 7. The number of carbonyl (C=O) groups excluding carboxylic acids is 1. The molecule has 1 aromatic rings. The summed E-state index contributed by atoms with van der Waals surface area (Å²) in [6.45, 7) is 4.30. The molecule has 2 aliphatic heterocycles. The number of hydrogen-bond donors (Lipinski definition) is 0. The predicted octanol–water partition coefficient (Wildman–Crippen LogP) is 1.86. The van der Waals surface area contributed by atoms with Gasteiger partial charge in [0, 0.05) is 25.3 Å². The maximum Gasteiger partial charge on any atom is 0.237 e. The molecule has 0 aliphatic carbocycles. The molecular formula is C18H26N2O3S. The number of unbranched alkanes of at least 4 members (excludes halogenated alkanes) is 2. The molecule has 24 heavy (non-hydrogen) atoms. The van der Waals surface area contributed by atoms with Gasteiger partial charge in [-0.05, 0) is 24.5 Å². The van der Waals surface area contributed by atoms with E-state index >= 15 is 0 Å².